The number of hydrogen-bond acceptors (Lipinski definition) is 5. The number of phenols is 2. The number of carbonyl (C=O) groups is 1. The van der Waals surface area contributed by atoms with Crippen LogP contribution in [0.3, 0.4) is 0 Å². The molecular formula is C24H45NO5Si2. The smallest absolute Gasteiger partial charge is 0.221 e. The lowest BCUT2D eigenvalue weighted by Crippen LogP contribution is -2.45. The summed E-state index contributed by atoms with van der Waals surface area (Å²) in [5.41, 5.74) is 0.638. The Bertz CT molecular complexity index is 810. The van der Waals surface area contributed by atoms with Gasteiger partial charge in [-0.25, -0.2) is 0 Å². The zero-order valence-corrected chi connectivity index (χ0v) is 24.1. The van der Waals surface area contributed by atoms with Gasteiger partial charge in [-0.05, 0) is 42.3 Å². The third-order valence-electron chi connectivity index (χ3n) is 7.00. The molecule has 0 aromatic heterocycles. The molecule has 0 aliphatic rings. The van der Waals surface area contributed by atoms with E-state index in [-0.39, 0.29) is 39.1 Å². The number of amides is 1. The maximum Gasteiger partial charge on any atom is 0.221 e. The van der Waals surface area contributed by atoms with Gasteiger partial charge >= 0.3 is 0 Å². The van der Waals surface area contributed by atoms with Crippen molar-refractivity contribution in [2.24, 2.45) is 5.92 Å². The molecule has 0 radical (unpaired) electrons. The van der Waals surface area contributed by atoms with Gasteiger partial charge in [0, 0.05) is 31.1 Å². The van der Waals surface area contributed by atoms with E-state index in [0.29, 0.717) is 12.2 Å². The summed E-state index contributed by atoms with van der Waals surface area (Å²) in [6, 6.07) is 2.88. The summed E-state index contributed by atoms with van der Waals surface area (Å²) >= 11 is 0. The van der Waals surface area contributed by atoms with Crippen LogP contribution >= 0.6 is 0 Å². The monoisotopic (exact) mass is 483 g/mol. The summed E-state index contributed by atoms with van der Waals surface area (Å²) in [4.78, 5) is 11.6. The summed E-state index contributed by atoms with van der Waals surface area (Å²) in [6.07, 6.45) is -0.500. The van der Waals surface area contributed by atoms with Crippen LogP contribution in [0.1, 0.15) is 67.1 Å². The number of carbonyl (C=O) groups excluding carboxylic acids is 1. The van der Waals surface area contributed by atoms with Crippen molar-refractivity contribution in [3.63, 3.8) is 0 Å². The van der Waals surface area contributed by atoms with Crippen molar-refractivity contribution in [1.82, 2.24) is 0 Å². The van der Waals surface area contributed by atoms with E-state index in [1.54, 1.807) is 0 Å². The van der Waals surface area contributed by atoms with Crippen molar-refractivity contribution >= 4 is 28.2 Å². The van der Waals surface area contributed by atoms with Crippen LogP contribution in [0.5, 0.6) is 11.5 Å². The van der Waals surface area contributed by atoms with E-state index < -0.39 is 22.7 Å². The van der Waals surface area contributed by atoms with E-state index in [1.165, 1.54) is 19.1 Å². The van der Waals surface area contributed by atoms with Crippen LogP contribution in [0.4, 0.5) is 5.69 Å². The van der Waals surface area contributed by atoms with Crippen LogP contribution in [-0.2, 0) is 13.6 Å². The highest BCUT2D eigenvalue weighted by atomic mass is 28.4. The molecule has 1 amide bonds. The maximum absolute atomic E-state index is 11.6. The summed E-state index contributed by atoms with van der Waals surface area (Å²) in [6.45, 7) is 25.7. The van der Waals surface area contributed by atoms with Crippen LogP contribution < -0.4 is 5.32 Å². The molecule has 1 aromatic rings. The summed E-state index contributed by atoms with van der Waals surface area (Å²) in [7, 11) is -4.22. The first-order valence-corrected chi connectivity index (χ1v) is 17.2. The topological polar surface area (TPSA) is 88.0 Å². The van der Waals surface area contributed by atoms with Gasteiger partial charge in [-0.3, -0.25) is 4.79 Å². The molecule has 0 aliphatic carbocycles. The summed E-state index contributed by atoms with van der Waals surface area (Å²) in [5.74, 6) is -0.534. The quantitative estimate of drug-likeness (QED) is 0.215. The van der Waals surface area contributed by atoms with Crippen LogP contribution in [0, 0.1) is 5.92 Å². The van der Waals surface area contributed by atoms with Gasteiger partial charge in [0.15, 0.2) is 16.6 Å². The van der Waals surface area contributed by atoms with Gasteiger partial charge in [-0.2, -0.15) is 0 Å². The van der Waals surface area contributed by atoms with E-state index in [0.717, 1.165) is 0 Å². The van der Waals surface area contributed by atoms with Crippen LogP contribution in [-0.4, -0.2) is 39.4 Å². The van der Waals surface area contributed by atoms with Crippen LogP contribution in [0.2, 0.25) is 36.3 Å². The summed E-state index contributed by atoms with van der Waals surface area (Å²) < 4.78 is 13.3. The molecule has 184 valence electrons. The molecule has 0 aliphatic heterocycles. The lowest BCUT2D eigenvalue weighted by atomic mass is 9.96. The highest BCUT2D eigenvalue weighted by molar-refractivity contribution is 6.74. The van der Waals surface area contributed by atoms with Crippen molar-refractivity contribution in [3.8, 4) is 11.5 Å². The van der Waals surface area contributed by atoms with Crippen molar-refractivity contribution < 1.29 is 23.9 Å². The largest absolute Gasteiger partial charge is 0.508 e. The molecule has 0 fully saturated rings. The molecule has 8 heteroatoms. The van der Waals surface area contributed by atoms with Gasteiger partial charge in [0.25, 0.3) is 0 Å². The molecule has 2 atom stereocenters. The Balaban J connectivity index is 3.46. The minimum atomic E-state index is -2.24. The van der Waals surface area contributed by atoms with Crippen molar-refractivity contribution in [1.29, 1.82) is 0 Å². The molecule has 6 nitrogen and oxygen atoms in total. The van der Waals surface area contributed by atoms with Gasteiger partial charge in [0.1, 0.15) is 11.5 Å². The number of rotatable bonds is 8. The predicted molar refractivity (Wildman–Crippen MR) is 137 cm³/mol. The Morgan fingerprint density at radius 1 is 1.00 bits per heavy atom. The lowest BCUT2D eigenvalue weighted by Gasteiger charge is -2.42. The zero-order valence-electron chi connectivity index (χ0n) is 22.1. The molecule has 3 N–H and O–H groups in total. The fourth-order valence-electron chi connectivity index (χ4n) is 2.77. The molecule has 0 bridgehead atoms. The second-order valence-corrected chi connectivity index (χ2v) is 21.5. The SMILES string of the molecule is CC(=O)Nc1cc(O)cc([C@H](O[Si](C)(C)C(C)(C)C)[C@H](C)CO[Si](C)(C)C(C)(C)C)c1O. The first-order chi connectivity index (χ1) is 14.2. The highest BCUT2D eigenvalue weighted by Gasteiger charge is 2.43. The number of nitrogens with one attached hydrogen (secondary N) is 1. The number of anilines is 1. The van der Waals surface area contributed by atoms with Crippen molar-refractivity contribution in [3.05, 3.63) is 17.7 Å². The van der Waals surface area contributed by atoms with Crippen molar-refractivity contribution in [2.45, 2.75) is 97.8 Å². The molecule has 1 aromatic carbocycles. The molecule has 0 unspecified atom stereocenters. The van der Waals surface area contributed by atoms with E-state index in [9.17, 15) is 15.0 Å². The minimum absolute atomic E-state index is 0.0390. The molecule has 1 rings (SSSR count). The number of benzene rings is 1. The van der Waals surface area contributed by atoms with Crippen molar-refractivity contribution in [2.75, 3.05) is 11.9 Å². The van der Waals surface area contributed by atoms with E-state index in [4.69, 9.17) is 8.85 Å². The molecule has 0 saturated carbocycles. The Morgan fingerprint density at radius 3 is 1.94 bits per heavy atom. The first-order valence-electron chi connectivity index (χ1n) is 11.3. The van der Waals surface area contributed by atoms with E-state index >= 15 is 0 Å². The van der Waals surface area contributed by atoms with Gasteiger partial charge in [0.05, 0.1) is 11.8 Å². The molecular weight excluding hydrogens is 438 g/mol. The lowest BCUT2D eigenvalue weighted by molar-refractivity contribution is -0.114. The van der Waals surface area contributed by atoms with E-state index in [1.807, 2.05) is 6.92 Å². The minimum Gasteiger partial charge on any atom is -0.508 e. The Kier molecular flexibility index (Phi) is 8.84. The highest BCUT2D eigenvalue weighted by Crippen LogP contribution is 2.46. The number of phenolic OH excluding ortho intramolecular Hbond substituents is 2. The first kappa shape index (κ1) is 28.7. The average molecular weight is 484 g/mol. The van der Waals surface area contributed by atoms with Gasteiger partial charge < -0.3 is 24.4 Å². The number of hydrogen-bond donors (Lipinski definition) is 3. The average Bonchev–Trinajstić information content (AvgIpc) is 2.58. The van der Waals surface area contributed by atoms with E-state index in [2.05, 4.69) is 73.0 Å². The van der Waals surface area contributed by atoms with Gasteiger partial charge in [-0.15, -0.1) is 0 Å². The Morgan fingerprint density at radius 2 is 1.50 bits per heavy atom. The third kappa shape index (κ3) is 7.07. The molecule has 32 heavy (non-hydrogen) atoms. The maximum atomic E-state index is 11.6. The fraction of sp³-hybridized carbons (Fsp3) is 0.708. The molecule has 0 heterocycles. The Hall–Kier alpha value is -1.36. The number of aromatic hydroxyl groups is 2. The van der Waals surface area contributed by atoms with Crippen LogP contribution in [0.15, 0.2) is 12.1 Å². The third-order valence-corrected chi connectivity index (χ3v) is 16.0. The standard InChI is InChI=1S/C24H45NO5Si2/c1-16(15-29-31(9,10)23(3,4)5)22(30-32(11,12)24(6,7)8)19-13-18(27)14-20(21(19)28)25-17(2)26/h13-14,16,22,27-28H,15H2,1-12H3,(H,25,26)/t16-,22-/m1/s1. The Labute approximate surface area is 197 Å². The normalized spacial score (nSPS) is 15.4. The second-order valence-electron chi connectivity index (χ2n) is 12.0. The fourth-order valence-corrected chi connectivity index (χ4v) is 5.23. The van der Waals surface area contributed by atoms with Gasteiger partial charge in [0.2, 0.25) is 5.91 Å². The molecule has 0 saturated heterocycles. The van der Waals surface area contributed by atoms with Crippen LogP contribution in [0.25, 0.3) is 0 Å². The zero-order chi connectivity index (χ0) is 25.3. The molecule has 0 spiro atoms. The summed E-state index contributed by atoms with van der Waals surface area (Å²) in [5, 5.41) is 24.0. The second kappa shape index (κ2) is 9.87. The van der Waals surface area contributed by atoms with Gasteiger partial charge in [-0.1, -0.05) is 48.5 Å². The predicted octanol–water partition coefficient (Wildman–Crippen LogP) is 6.78.